The molecule has 4 rings (SSSR count). The molecule has 2 aromatic heterocycles. The van der Waals surface area contributed by atoms with Crippen molar-refractivity contribution in [3.8, 4) is 0 Å². The van der Waals surface area contributed by atoms with Gasteiger partial charge in [0.05, 0.1) is 26.4 Å². The number of rotatable bonds is 5. The van der Waals surface area contributed by atoms with Crippen LogP contribution in [0.15, 0.2) is 36.7 Å². The standard InChI is InChI=1S/C11H17N3O2.C9H10ClNO2/c1-11(15-6-7-16-11)10-8-9(2-4-14-10)13-5-3-12;1-9(12-4-5-13-9)8-6-7(10)2-3-11-8/h2,4,8H,3,5-7,12H2,1H3,(H,13,14);2-3,6H,4-5H2,1H3. The average molecular weight is 423 g/mol. The average Bonchev–Trinajstić information content (AvgIpc) is 3.37. The maximum atomic E-state index is 5.83. The molecule has 2 aromatic rings. The molecule has 2 saturated heterocycles. The second-order valence-corrected chi connectivity index (χ2v) is 7.23. The zero-order chi connectivity index (χ0) is 20.7. The van der Waals surface area contributed by atoms with Gasteiger partial charge in [0.15, 0.2) is 0 Å². The van der Waals surface area contributed by atoms with Crippen LogP contribution in [0, 0.1) is 0 Å². The zero-order valence-electron chi connectivity index (χ0n) is 16.7. The van der Waals surface area contributed by atoms with Crippen molar-refractivity contribution in [1.29, 1.82) is 0 Å². The van der Waals surface area contributed by atoms with Crippen LogP contribution in [0.1, 0.15) is 25.2 Å². The van der Waals surface area contributed by atoms with Crippen molar-refractivity contribution in [2.75, 3.05) is 44.8 Å². The molecule has 0 amide bonds. The number of halogens is 1. The Bertz CT molecular complexity index is 796. The Kier molecular flexibility index (Phi) is 7.39. The smallest absolute Gasteiger partial charge is 0.209 e. The zero-order valence-corrected chi connectivity index (χ0v) is 17.4. The van der Waals surface area contributed by atoms with Crippen molar-refractivity contribution in [3.63, 3.8) is 0 Å². The minimum Gasteiger partial charge on any atom is -0.384 e. The van der Waals surface area contributed by atoms with E-state index in [9.17, 15) is 0 Å². The fraction of sp³-hybridized carbons (Fsp3) is 0.500. The van der Waals surface area contributed by atoms with Crippen LogP contribution >= 0.6 is 11.6 Å². The summed E-state index contributed by atoms with van der Waals surface area (Å²) in [7, 11) is 0. The number of pyridine rings is 2. The van der Waals surface area contributed by atoms with E-state index in [0.717, 1.165) is 23.6 Å². The van der Waals surface area contributed by atoms with E-state index in [2.05, 4.69) is 15.3 Å². The molecule has 0 aliphatic carbocycles. The molecule has 0 atom stereocenters. The van der Waals surface area contributed by atoms with Crippen molar-refractivity contribution in [3.05, 3.63) is 53.1 Å². The summed E-state index contributed by atoms with van der Waals surface area (Å²) in [6.45, 7) is 7.49. The normalized spacial score (nSPS) is 19.4. The Balaban J connectivity index is 0.000000169. The lowest BCUT2D eigenvalue weighted by Crippen LogP contribution is -2.24. The lowest BCUT2D eigenvalue weighted by molar-refractivity contribution is -0.153. The highest BCUT2D eigenvalue weighted by Gasteiger charge is 2.35. The SMILES string of the molecule is CC1(c2cc(Cl)ccn2)OCCO1.CC1(c2cc(NCCN)ccn2)OCCO1. The van der Waals surface area contributed by atoms with Crippen molar-refractivity contribution >= 4 is 17.3 Å². The molecule has 9 heteroatoms. The van der Waals surface area contributed by atoms with Crippen LogP contribution < -0.4 is 11.1 Å². The van der Waals surface area contributed by atoms with Crippen LogP contribution in [-0.2, 0) is 30.5 Å². The highest BCUT2D eigenvalue weighted by Crippen LogP contribution is 2.31. The number of hydrogen-bond acceptors (Lipinski definition) is 8. The van der Waals surface area contributed by atoms with Crippen LogP contribution in [0.4, 0.5) is 5.69 Å². The molecule has 29 heavy (non-hydrogen) atoms. The number of nitrogens with zero attached hydrogens (tertiary/aromatic N) is 2. The molecule has 0 bridgehead atoms. The van der Waals surface area contributed by atoms with Crippen molar-refractivity contribution < 1.29 is 18.9 Å². The van der Waals surface area contributed by atoms with Crippen molar-refractivity contribution in [1.82, 2.24) is 9.97 Å². The van der Waals surface area contributed by atoms with Crippen molar-refractivity contribution in [2.24, 2.45) is 5.73 Å². The minimum atomic E-state index is -0.717. The second-order valence-electron chi connectivity index (χ2n) is 6.79. The van der Waals surface area contributed by atoms with Gasteiger partial charge in [-0.1, -0.05) is 11.6 Å². The number of ether oxygens (including phenoxy) is 4. The molecule has 0 radical (unpaired) electrons. The number of anilines is 1. The molecule has 0 spiro atoms. The Morgan fingerprint density at radius 3 is 1.97 bits per heavy atom. The van der Waals surface area contributed by atoms with Gasteiger partial charge in [-0.3, -0.25) is 9.97 Å². The maximum absolute atomic E-state index is 5.83. The van der Waals surface area contributed by atoms with E-state index >= 15 is 0 Å². The molecule has 4 heterocycles. The molecule has 2 aliphatic rings. The van der Waals surface area contributed by atoms with Gasteiger partial charge in [-0.25, -0.2) is 0 Å². The van der Waals surface area contributed by atoms with Crippen LogP contribution in [-0.4, -0.2) is 49.5 Å². The van der Waals surface area contributed by atoms with E-state index in [1.807, 2.05) is 26.0 Å². The predicted octanol–water partition coefficient (Wildman–Crippen LogP) is 2.63. The number of hydrogen-bond donors (Lipinski definition) is 2. The molecular formula is C20H27ClN4O4. The van der Waals surface area contributed by atoms with Gasteiger partial charge < -0.3 is 30.0 Å². The molecule has 158 valence electrons. The summed E-state index contributed by atoms with van der Waals surface area (Å²) in [4.78, 5) is 8.44. The highest BCUT2D eigenvalue weighted by molar-refractivity contribution is 6.30. The first kappa shape index (κ1) is 21.9. The molecular weight excluding hydrogens is 396 g/mol. The Morgan fingerprint density at radius 2 is 1.45 bits per heavy atom. The quantitative estimate of drug-likeness (QED) is 0.758. The summed E-state index contributed by atoms with van der Waals surface area (Å²) in [6, 6.07) is 7.31. The lowest BCUT2D eigenvalue weighted by atomic mass is 10.2. The summed E-state index contributed by atoms with van der Waals surface area (Å²) in [6.07, 6.45) is 3.39. The summed E-state index contributed by atoms with van der Waals surface area (Å²) in [5.41, 5.74) is 7.92. The molecule has 8 nitrogen and oxygen atoms in total. The lowest BCUT2D eigenvalue weighted by Gasteiger charge is -2.21. The van der Waals surface area contributed by atoms with Gasteiger partial charge in [0.25, 0.3) is 0 Å². The fourth-order valence-electron chi connectivity index (χ4n) is 2.98. The summed E-state index contributed by atoms with van der Waals surface area (Å²) >= 11 is 5.83. The summed E-state index contributed by atoms with van der Waals surface area (Å²) in [5, 5.41) is 3.84. The van der Waals surface area contributed by atoms with Gasteiger partial charge >= 0.3 is 0 Å². The minimum absolute atomic E-state index is 0.599. The number of nitrogens with two attached hydrogens (primary N) is 1. The number of aromatic nitrogens is 2. The van der Waals surface area contributed by atoms with E-state index in [-0.39, 0.29) is 0 Å². The Hall–Kier alpha value is -1.81. The van der Waals surface area contributed by atoms with Gasteiger partial charge in [0.1, 0.15) is 11.4 Å². The first-order chi connectivity index (χ1) is 14.0. The summed E-state index contributed by atoms with van der Waals surface area (Å²) in [5.74, 6) is -1.43. The topological polar surface area (TPSA) is 101 Å². The maximum Gasteiger partial charge on any atom is 0.209 e. The van der Waals surface area contributed by atoms with Gasteiger partial charge in [-0.15, -0.1) is 0 Å². The van der Waals surface area contributed by atoms with Crippen molar-refractivity contribution in [2.45, 2.75) is 25.4 Å². The first-order valence-electron chi connectivity index (χ1n) is 9.53. The van der Waals surface area contributed by atoms with Crippen LogP contribution in [0.25, 0.3) is 0 Å². The van der Waals surface area contributed by atoms with E-state index in [0.29, 0.717) is 38.0 Å². The van der Waals surface area contributed by atoms with Gasteiger partial charge in [0, 0.05) is 36.2 Å². The molecule has 2 fully saturated rings. The molecule has 3 N–H and O–H groups in total. The second kappa shape index (κ2) is 9.80. The molecule has 2 aliphatic heterocycles. The highest BCUT2D eigenvalue weighted by atomic mass is 35.5. The van der Waals surface area contributed by atoms with E-state index < -0.39 is 11.6 Å². The van der Waals surface area contributed by atoms with E-state index in [4.69, 9.17) is 36.3 Å². The molecule has 0 aromatic carbocycles. The van der Waals surface area contributed by atoms with Crippen LogP contribution in [0.3, 0.4) is 0 Å². The third-order valence-electron chi connectivity index (χ3n) is 4.56. The molecule has 0 saturated carbocycles. The Morgan fingerprint density at radius 1 is 0.931 bits per heavy atom. The van der Waals surface area contributed by atoms with E-state index in [1.165, 1.54) is 0 Å². The monoisotopic (exact) mass is 422 g/mol. The van der Waals surface area contributed by atoms with Gasteiger partial charge in [-0.2, -0.15) is 0 Å². The van der Waals surface area contributed by atoms with Crippen LogP contribution in [0.5, 0.6) is 0 Å². The van der Waals surface area contributed by atoms with Gasteiger partial charge in [-0.05, 0) is 38.1 Å². The van der Waals surface area contributed by atoms with Gasteiger partial charge in [0.2, 0.25) is 11.6 Å². The Labute approximate surface area is 175 Å². The third-order valence-corrected chi connectivity index (χ3v) is 4.80. The van der Waals surface area contributed by atoms with E-state index in [1.54, 1.807) is 24.5 Å². The van der Waals surface area contributed by atoms with Crippen LogP contribution in [0.2, 0.25) is 5.02 Å². The molecule has 0 unspecified atom stereocenters. The number of nitrogens with one attached hydrogen (secondary N) is 1. The predicted molar refractivity (Wildman–Crippen MR) is 110 cm³/mol. The largest absolute Gasteiger partial charge is 0.384 e. The summed E-state index contributed by atoms with van der Waals surface area (Å²) < 4.78 is 22.0. The fourth-order valence-corrected chi connectivity index (χ4v) is 3.14. The third kappa shape index (κ3) is 5.63. The first-order valence-corrected chi connectivity index (χ1v) is 9.91.